The lowest BCUT2D eigenvalue weighted by molar-refractivity contribution is -0.139. The first-order valence-corrected chi connectivity index (χ1v) is 7.76. The highest BCUT2D eigenvalue weighted by molar-refractivity contribution is 9.10. The molecule has 1 aromatic carbocycles. The molecule has 22 heavy (non-hydrogen) atoms. The highest BCUT2D eigenvalue weighted by atomic mass is 79.9. The van der Waals surface area contributed by atoms with Crippen molar-refractivity contribution in [3.8, 4) is 0 Å². The number of benzene rings is 1. The molecular weight excluding hydrogens is 361 g/mol. The Morgan fingerprint density at radius 1 is 1.36 bits per heavy atom. The predicted octanol–water partition coefficient (Wildman–Crippen LogP) is 4.11. The van der Waals surface area contributed by atoms with E-state index in [0.29, 0.717) is 27.8 Å². The van der Waals surface area contributed by atoms with E-state index < -0.39 is 12.7 Å². The molecule has 0 saturated heterocycles. The van der Waals surface area contributed by atoms with Gasteiger partial charge < -0.3 is 9.88 Å². The van der Waals surface area contributed by atoms with Gasteiger partial charge in [-0.05, 0) is 30.9 Å². The molecule has 1 saturated carbocycles. The first kappa shape index (κ1) is 15.4. The van der Waals surface area contributed by atoms with Gasteiger partial charge in [0, 0.05) is 22.6 Å². The molecule has 0 aliphatic heterocycles. The van der Waals surface area contributed by atoms with E-state index in [9.17, 15) is 18.0 Å². The number of hydrogen-bond donors (Lipinski definition) is 1. The summed E-state index contributed by atoms with van der Waals surface area (Å²) >= 11 is 3.26. The Morgan fingerprint density at radius 3 is 2.73 bits per heavy atom. The summed E-state index contributed by atoms with van der Waals surface area (Å²) in [7, 11) is 0. The van der Waals surface area contributed by atoms with E-state index in [-0.39, 0.29) is 11.5 Å². The minimum absolute atomic E-state index is 0.285. The van der Waals surface area contributed by atoms with Gasteiger partial charge in [0.1, 0.15) is 6.54 Å². The third kappa shape index (κ3) is 3.45. The Balaban J connectivity index is 1.96. The molecule has 1 aromatic heterocycles. The Morgan fingerprint density at radius 2 is 2.09 bits per heavy atom. The molecular formula is C15H14BrF3N2O. The summed E-state index contributed by atoms with van der Waals surface area (Å²) < 4.78 is 39.9. The van der Waals surface area contributed by atoms with Crippen LogP contribution in [0.2, 0.25) is 0 Å². The Kier molecular flexibility index (Phi) is 3.92. The van der Waals surface area contributed by atoms with Gasteiger partial charge in [-0.2, -0.15) is 13.2 Å². The molecule has 3 nitrogen and oxygen atoms in total. The zero-order chi connectivity index (χ0) is 15.9. The summed E-state index contributed by atoms with van der Waals surface area (Å²) in [6, 6.07) is 4.98. The predicted molar refractivity (Wildman–Crippen MR) is 80.8 cm³/mol. The van der Waals surface area contributed by atoms with Crippen LogP contribution < -0.4 is 5.32 Å². The molecule has 0 unspecified atom stereocenters. The minimum Gasteiger partial charge on any atom is -0.352 e. The topological polar surface area (TPSA) is 34.0 Å². The van der Waals surface area contributed by atoms with Gasteiger partial charge in [-0.15, -0.1) is 0 Å². The van der Waals surface area contributed by atoms with Crippen molar-refractivity contribution in [2.45, 2.75) is 25.6 Å². The number of hydrogen-bond acceptors (Lipinski definition) is 1. The van der Waals surface area contributed by atoms with Gasteiger partial charge in [0.25, 0.3) is 5.91 Å². The summed E-state index contributed by atoms with van der Waals surface area (Å²) in [5.41, 5.74) is 0.677. The first-order chi connectivity index (χ1) is 10.3. The maximum atomic E-state index is 12.7. The Hall–Kier alpha value is -1.50. The molecule has 7 heteroatoms. The van der Waals surface area contributed by atoms with Crippen molar-refractivity contribution >= 4 is 32.7 Å². The van der Waals surface area contributed by atoms with Gasteiger partial charge >= 0.3 is 6.18 Å². The zero-order valence-corrected chi connectivity index (χ0v) is 13.2. The number of rotatable bonds is 4. The largest absolute Gasteiger partial charge is 0.406 e. The fourth-order valence-electron chi connectivity index (χ4n) is 2.42. The summed E-state index contributed by atoms with van der Waals surface area (Å²) in [5, 5.41) is 3.33. The fraction of sp³-hybridized carbons (Fsp3) is 0.400. The van der Waals surface area contributed by atoms with E-state index in [1.165, 1.54) is 6.20 Å². The number of carbonyl (C=O) groups is 1. The van der Waals surface area contributed by atoms with Crippen LogP contribution in [0.4, 0.5) is 13.2 Å². The Labute approximate surface area is 133 Å². The molecule has 1 heterocycles. The lowest BCUT2D eigenvalue weighted by atomic mass is 10.1. The van der Waals surface area contributed by atoms with Gasteiger partial charge in [-0.3, -0.25) is 4.79 Å². The molecule has 0 atom stereocenters. The second-order valence-electron chi connectivity index (χ2n) is 5.60. The SMILES string of the molecule is O=C(NCC1CC1)c1cn(CC(F)(F)F)c2cc(Br)ccc12. The van der Waals surface area contributed by atoms with Crippen LogP contribution in [-0.4, -0.2) is 23.2 Å². The molecule has 0 bridgehead atoms. The second-order valence-corrected chi connectivity index (χ2v) is 6.52. The number of halogens is 4. The number of alkyl halides is 3. The van der Waals surface area contributed by atoms with E-state index in [0.717, 1.165) is 17.4 Å². The maximum Gasteiger partial charge on any atom is 0.406 e. The van der Waals surface area contributed by atoms with Crippen molar-refractivity contribution in [3.05, 3.63) is 34.4 Å². The number of fused-ring (bicyclic) bond motifs is 1. The highest BCUT2D eigenvalue weighted by Crippen LogP contribution is 2.30. The van der Waals surface area contributed by atoms with Gasteiger partial charge in [0.15, 0.2) is 0 Å². The molecule has 118 valence electrons. The zero-order valence-electron chi connectivity index (χ0n) is 11.6. The van der Waals surface area contributed by atoms with E-state index in [1.807, 2.05) is 0 Å². The molecule has 1 fully saturated rings. The van der Waals surface area contributed by atoms with Crippen molar-refractivity contribution in [2.75, 3.05) is 6.54 Å². The molecule has 2 aromatic rings. The quantitative estimate of drug-likeness (QED) is 0.858. The monoisotopic (exact) mass is 374 g/mol. The Bertz CT molecular complexity index is 719. The van der Waals surface area contributed by atoms with Crippen LogP contribution in [0.25, 0.3) is 10.9 Å². The van der Waals surface area contributed by atoms with Crippen LogP contribution >= 0.6 is 15.9 Å². The summed E-state index contributed by atoms with van der Waals surface area (Å²) in [5.74, 6) is 0.196. The molecule has 1 amide bonds. The third-order valence-electron chi connectivity index (χ3n) is 3.69. The smallest absolute Gasteiger partial charge is 0.352 e. The molecule has 1 N–H and O–H groups in total. The van der Waals surface area contributed by atoms with Gasteiger partial charge in [-0.25, -0.2) is 0 Å². The van der Waals surface area contributed by atoms with E-state index in [1.54, 1.807) is 18.2 Å². The summed E-state index contributed by atoms with van der Waals surface area (Å²) in [4.78, 5) is 12.2. The van der Waals surface area contributed by atoms with Gasteiger partial charge in [0.2, 0.25) is 0 Å². The van der Waals surface area contributed by atoms with Crippen molar-refractivity contribution in [1.29, 1.82) is 0 Å². The molecule has 0 spiro atoms. The third-order valence-corrected chi connectivity index (χ3v) is 4.18. The van der Waals surface area contributed by atoms with Gasteiger partial charge in [0.05, 0.1) is 11.1 Å². The van der Waals surface area contributed by atoms with Crippen LogP contribution in [0, 0.1) is 5.92 Å². The number of carbonyl (C=O) groups excluding carboxylic acids is 1. The molecule has 3 rings (SSSR count). The van der Waals surface area contributed by atoms with Crippen molar-refractivity contribution in [2.24, 2.45) is 5.92 Å². The molecule has 1 aliphatic rings. The normalized spacial score (nSPS) is 15.3. The van der Waals surface area contributed by atoms with Crippen LogP contribution in [0.5, 0.6) is 0 Å². The fourth-order valence-corrected chi connectivity index (χ4v) is 2.77. The summed E-state index contributed by atoms with van der Waals surface area (Å²) in [6.07, 6.45) is -0.852. The molecule has 1 aliphatic carbocycles. The van der Waals surface area contributed by atoms with Crippen molar-refractivity contribution in [3.63, 3.8) is 0 Å². The lowest BCUT2D eigenvalue weighted by Crippen LogP contribution is -2.25. The van der Waals surface area contributed by atoms with Gasteiger partial charge in [-0.1, -0.05) is 22.0 Å². The van der Waals surface area contributed by atoms with Crippen molar-refractivity contribution < 1.29 is 18.0 Å². The highest BCUT2D eigenvalue weighted by Gasteiger charge is 2.30. The number of nitrogens with zero attached hydrogens (tertiary/aromatic N) is 1. The number of aromatic nitrogens is 1. The van der Waals surface area contributed by atoms with Crippen LogP contribution in [0.3, 0.4) is 0 Å². The maximum absolute atomic E-state index is 12.7. The van der Waals surface area contributed by atoms with E-state index in [4.69, 9.17) is 0 Å². The van der Waals surface area contributed by atoms with Crippen LogP contribution in [0.15, 0.2) is 28.9 Å². The van der Waals surface area contributed by atoms with Crippen molar-refractivity contribution in [1.82, 2.24) is 9.88 Å². The summed E-state index contributed by atoms with van der Waals surface area (Å²) in [6.45, 7) is -0.531. The number of nitrogens with one attached hydrogen (secondary N) is 1. The standard InChI is InChI=1S/C15H14BrF3N2O/c16-10-3-4-11-12(14(22)20-6-9-1-2-9)7-21(13(11)5-10)8-15(17,18)19/h3-5,7,9H,1-2,6,8H2,(H,20,22). The first-order valence-electron chi connectivity index (χ1n) is 6.97. The second kappa shape index (κ2) is 5.61. The molecule has 0 radical (unpaired) electrons. The average Bonchev–Trinajstić information content (AvgIpc) is 3.18. The minimum atomic E-state index is -4.34. The van der Waals surface area contributed by atoms with E-state index in [2.05, 4.69) is 21.2 Å². The average molecular weight is 375 g/mol. The van der Waals surface area contributed by atoms with Crippen LogP contribution in [-0.2, 0) is 6.54 Å². The van der Waals surface area contributed by atoms with E-state index >= 15 is 0 Å². The van der Waals surface area contributed by atoms with Crippen LogP contribution in [0.1, 0.15) is 23.2 Å². The number of amides is 1. The lowest BCUT2D eigenvalue weighted by Gasteiger charge is -2.08.